The van der Waals surface area contributed by atoms with Crippen LogP contribution < -0.4 is 0 Å². The van der Waals surface area contributed by atoms with Gasteiger partial charge in [0.2, 0.25) is 0 Å². The van der Waals surface area contributed by atoms with Crippen molar-refractivity contribution in [3.63, 3.8) is 0 Å². The Balaban J connectivity index is 1.57. The van der Waals surface area contributed by atoms with Crippen LogP contribution in [0.4, 0.5) is 4.39 Å². The first-order valence-electron chi connectivity index (χ1n) is 9.01. The van der Waals surface area contributed by atoms with E-state index in [1.807, 2.05) is 11.9 Å². The van der Waals surface area contributed by atoms with Crippen molar-refractivity contribution in [2.24, 2.45) is 7.05 Å². The number of aryl methyl sites for hydroxylation is 1. The molecule has 4 rings (SSSR count). The summed E-state index contributed by atoms with van der Waals surface area (Å²) in [7, 11) is 1.84. The van der Waals surface area contributed by atoms with Gasteiger partial charge < -0.3 is 14.2 Å². The number of carbonyl (C=O) groups excluding carboxylic acids is 1. The number of amides is 1. The molecule has 0 saturated carbocycles. The summed E-state index contributed by atoms with van der Waals surface area (Å²) in [5.74, 6) is -0.405. The van der Waals surface area contributed by atoms with Gasteiger partial charge in [0, 0.05) is 44.4 Å². The van der Waals surface area contributed by atoms with E-state index in [-0.39, 0.29) is 11.7 Å². The van der Waals surface area contributed by atoms with Crippen LogP contribution in [0.5, 0.6) is 0 Å². The molecule has 3 heterocycles. The second-order valence-electron chi connectivity index (χ2n) is 6.95. The Bertz CT molecular complexity index is 803. The molecule has 2 fully saturated rings. The minimum absolute atomic E-state index is 0.0482. The summed E-state index contributed by atoms with van der Waals surface area (Å²) in [5.41, 5.74) is 1.84. The molecule has 2 saturated heterocycles. The van der Waals surface area contributed by atoms with E-state index in [2.05, 4.69) is 9.88 Å². The maximum Gasteiger partial charge on any atom is 0.254 e. The van der Waals surface area contributed by atoms with E-state index >= 15 is 0 Å². The monoisotopic (exact) mass is 358 g/mol. The van der Waals surface area contributed by atoms with E-state index in [0.29, 0.717) is 30.3 Å². The number of carbonyl (C=O) groups is 1. The van der Waals surface area contributed by atoms with Crippen molar-refractivity contribution in [3.05, 3.63) is 42.1 Å². The molecule has 0 N–H and O–H groups in total. The van der Waals surface area contributed by atoms with Crippen LogP contribution in [-0.2, 0) is 11.8 Å². The molecule has 0 aliphatic carbocycles. The molecule has 6 nitrogen and oxygen atoms in total. The van der Waals surface area contributed by atoms with Gasteiger partial charge in [0.1, 0.15) is 5.82 Å². The van der Waals surface area contributed by atoms with E-state index in [0.717, 1.165) is 38.4 Å². The lowest BCUT2D eigenvalue weighted by Crippen LogP contribution is -2.50. The van der Waals surface area contributed by atoms with Crippen LogP contribution in [0.1, 0.15) is 16.8 Å². The van der Waals surface area contributed by atoms with Gasteiger partial charge in [0.15, 0.2) is 0 Å². The Kier molecular flexibility index (Phi) is 4.74. The van der Waals surface area contributed by atoms with Crippen LogP contribution in [0.25, 0.3) is 11.3 Å². The third kappa shape index (κ3) is 3.24. The minimum Gasteiger partial charge on any atom is -0.378 e. The number of hydrogen-bond acceptors (Lipinski definition) is 4. The number of imidazole rings is 1. The first kappa shape index (κ1) is 17.2. The van der Waals surface area contributed by atoms with Gasteiger partial charge in [-0.05, 0) is 24.6 Å². The molecular weight excluding hydrogens is 335 g/mol. The second-order valence-corrected chi connectivity index (χ2v) is 6.95. The summed E-state index contributed by atoms with van der Waals surface area (Å²) < 4.78 is 20.9. The average Bonchev–Trinajstić information content (AvgIpc) is 2.86. The summed E-state index contributed by atoms with van der Waals surface area (Å²) >= 11 is 0. The maximum absolute atomic E-state index is 13.9. The van der Waals surface area contributed by atoms with E-state index in [1.54, 1.807) is 23.2 Å². The molecule has 26 heavy (non-hydrogen) atoms. The predicted molar refractivity (Wildman–Crippen MR) is 95.3 cm³/mol. The lowest BCUT2D eigenvalue weighted by atomic mass is 10.0. The molecule has 7 heteroatoms. The Morgan fingerprint density at radius 3 is 2.77 bits per heavy atom. The number of rotatable bonds is 3. The normalized spacial score (nSPS) is 19.2. The van der Waals surface area contributed by atoms with Gasteiger partial charge in [-0.15, -0.1) is 0 Å². The number of aromatic nitrogens is 2. The van der Waals surface area contributed by atoms with Gasteiger partial charge in [-0.1, -0.05) is 0 Å². The fourth-order valence-corrected chi connectivity index (χ4v) is 3.64. The Hall–Kier alpha value is -2.25. The van der Waals surface area contributed by atoms with E-state index in [9.17, 15) is 9.18 Å². The third-order valence-corrected chi connectivity index (χ3v) is 5.26. The highest BCUT2D eigenvalue weighted by atomic mass is 19.1. The fourth-order valence-electron chi connectivity index (χ4n) is 3.64. The first-order chi connectivity index (χ1) is 12.6. The van der Waals surface area contributed by atoms with Crippen molar-refractivity contribution in [2.45, 2.75) is 12.5 Å². The second kappa shape index (κ2) is 7.17. The Morgan fingerprint density at radius 2 is 2.08 bits per heavy atom. The van der Waals surface area contributed by atoms with Gasteiger partial charge in [-0.2, -0.15) is 0 Å². The van der Waals surface area contributed by atoms with Crippen molar-refractivity contribution in [3.8, 4) is 11.3 Å². The third-order valence-electron chi connectivity index (χ3n) is 5.26. The number of ether oxygens (including phenoxy) is 1. The predicted octanol–water partition coefficient (Wildman–Crippen LogP) is 1.77. The molecule has 1 aromatic carbocycles. The van der Waals surface area contributed by atoms with E-state index < -0.39 is 0 Å². The lowest BCUT2D eigenvalue weighted by Gasteiger charge is -2.36. The van der Waals surface area contributed by atoms with E-state index in [1.165, 1.54) is 12.1 Å². The minimum atomic E-state index is -0.357. The largest absolute Gasteiger partial charge is 0.378 e. The molecule has 1 amide bonds. The molecule has 0 spiro atoms. The van der Waals surface area contributed by atoms with Crippen LogP contribution >= 0.6 is 0 Å². The first-order valence-corrected chi connectivity index (χ1v) is 9.01. The van der Waals surface area contributed by atoms with Crippen LogP contribution in [-0.4, -0.2) is 70.7 Å². The molecule has 0 atom stereocenters. The number of benzene rings is 1. The lowest BCUT2D eigenvalue weighted by molar-refractivity contribution is -0.0631. The standard InChI is InChI=1S/C19H23FN4O2/c1-22-13-21-10-18(22)17-9-14(20)3-4-16(17)19(25)24-6-2-5-23(7-8-24)15-11-26-12-15/h3-4,9-10,13,15H,2,5-8,11-12H2,1H3. The average molecular weight is 358 g/mol. The smallest absolute Gasteiger partial charge is 0.254 e. The quantitative estimate of drug-likeness (QED) is 0.839. The molecular formula is C19H23FN4O2. The highest BCUT2D eigenvalue weighted by molar-refractivity contribution is 6.00. The molecule has 0 bridgehead atoms. The number of nitrogens with zero attached hydrogens (tertiary/aromatic N) is 4. The van der Waals surface area contributed by atoms with Crippen molar-refractivity contribution >= 4 is 5.91 Å². The zero-order valence-electron chi connectivity index (χ0n) is 14.9. The van der Waals surface area contributed by atoms with Crippen LogP contribution in [0.3, 0.4) is 0 Å². The number of halogens is 1. The van der Waals surface area contributed by atoms with Crippen molar-refractivity contribution < 1.29 is 13.9 Å². The zero-order chi connectivity index (χ0) is 18.1. The van der Waals surface area contributed by atoms with Gasteiger partial charge in [0.05, 0.1) is 37.5 Å². The summed E-state index contributed by atoms with van der Waals surface area (Å²) in [6.07, 6.45) is 4.25. The summed E-state index contributed by atoms with van der Waals surface area (Å²) in [6, 6.07) is 4.84. The van der Waals surface area contributed by atoms with Gasteiger partial charge in [-0.3, -0.25) is 9.69 Å². The summed E-state index contributed by atoms with van der Waals surface area (Å²) in [4.78, 5) is 21.6. The van der Waals surface area contributed by atoms with Gasteiger partial charge in [-0.25, -0.2) is 9.37 Å². The molecule has 2 aromatic rings. The molecule has 2 aliphatic rings. The van der Waals surface area contributed by atoms with Crippen molar-refractivity contribution in [1.82, 2.24) is 19.4 Å². The van der Waals surface area contributed by atoms with Crippen LogP contribution in [0, 0.1) is 5.82 Å². The molecule has 1 aromatic heterocycles. The fraction of sp³-hybridized carbons (Fsp3) is 0.474. The highest BCUT2D eigenvalue weighted by Gasteiger charge is 2.29. The Morgan fingerprint density at radius 1 is 1.23 bits per heavy atom. The summed E-state index contributed by atoms with van der Waals surface area (Å²) in [5, 5.41) is 0. The maximum atomic E-state index is 13.9. The summed E-state index contributed by atoms with van der Waals surface area (Å²) in [6.45, 7) is 4.80. The van der Waals surface area contributed by atoms with Gasteiger partial charge in [0.25, 0.3) is 5.91 Å². The molecule has 138 valence electrons. The SMILES string of the molecule is Cn1cncc1-c1cc(F)ccc1C(=O)N1CCCN(C2COC2)CC1. The highest BCUT2D eigenvalue weighted by Crippen LogP contribution is 2.26. The number of hydrogen-bond donors (Lipinski definition) is 0. The van der Waals surface area contributed by atoms with Gasteiger partial charge >= 0.3 is 0 Å². The van der Waals surface area contributed by atoms with Crippen molar-refractivity contribution in [1.29, 1.82) is 0 Å². The topological polar surface area (TPSA) is 50.6 Å². The molecule has 2 aliphatic heterocycles. The Labute approximate surface area is 152 Å². The molecule has 0 radical (unpaired) electrons. The van der Waals surface area contributed by atoms with Crippen LogP contribution in [0.2, 0.25) is 0 Å². The zero-order valence-corrected chi connectivity index (χ0v) is 14.9. The van der Waals surface area contributed by atoms with Crippen LogP contribution in [0.15, 0.2) is 30.7 Å². The van der Waals surface area contributed by atoms with E-state index in [4.69, 9.17) is 4.74 Å². The molecule has 0 unspecified atom stereocenters. The van der Waals surface area contributed by atoms with Crippen molar-refractivity contribution in [2.75, 3.05) is 39.4 Å².